The molecule has 0 aliphatic carbocycles. The number of amides is 1. The van der Waals surface area contributed by atoms with E-state index in [1.54, 1.807) is 11.3 Å². The summed E-state index contributed by atoms with van der Waals surface area (Å²) in [6.07, 6.45) is 2.02. The van der Waals surface area contributed by atoms with Crippen molar-refractivity contribution in [2.45, 2.75) is 18.8 Å². The fourth-order valence-electron chi connectivity index (χ4n) is 5.10. The molecule has 161 valence electrons. The molecule has 2 heterocycles. The van der Waals surface area contributed by atoms with E-state index in [-0.39, 0.29) is 5.91 Å². The predicted molar refractivity (Wildman–Crippen MR) is 138 cm³/mol. The number of benzene rings is 4. The first-order valence-electron chi connectivity index (χ1n) is 11.5. The second-order valence-corrected chi connectivity index (χ2v) is 9.77. The zero-order valence-corrected chi connectivity index (χ0v) is 19.1. The minimum Gasteiger partial charge on any atom is -0.338 e. The topological polar surface area (TPSA) is 20.3 Å². The minimum atomic E-state index is 0.152. The Morgan fingerprint density at radius 2 is 1.52 bits per heavy atom. The summed E-state index contributed by atoms with van der Waals surface area (Å²) >= 11 is 1.62. The van der Waals surface area contributed by atoms with Gasteiger partial charge in [0.2, 0.25) is 0 Å². The second kappa shape index (κ2) is 8.49. The maximum absolute atomic E-state index is 13.9. The number of likely N-dealkylation sites (tertiary alicyclic amines) is 1. The normalized spacial score (nSPS) is 14.7. The molecule has 1 fully saturated rings. The van der Waals surface area contributed by atoms with Crippen LogP contribution in [-0.4, -0.2) is 23.9 Å². The molecule has 0 bridgehead atoms. The second-order valence-electron chi connectivity index (χ2n) is 8.72. The summed E-state index contributed by atoms with van der Waals surface area (Å²) in [5.41, 5.74) is 3.44. The molecule has 0 spiro atoms. The first-order valence-corrected chi connectivity index (χ1v) is 12.4. The van der Waals surface area contributed by atoms with E-state index in [2.05, 4.69) is 95.9 Å². The van der Waals surface area contributed by atoms with Crippen molar-refractivity contribution in [1.82, 2.24) is 4.90 Å². The number of hydrogen-bond donors (Lipinski definition) is 0. The van der Waals surface area contributed by atoms with Gasteiger partial charge < -0.3 is 4.90 Å². The molecule has 1 amide bonds. The molecule has 33 heavy (non-hydrogen) atoms. The van der Waals surface area contributed by atoms with Crippen LogP contribution in [-0.2, 0) is 0 Å². The van der Waals surface area contributed by atoms with Crippen molar-refractivity contribution in [3.05, 3.63) is 108 Å². The Hall–Kier alpha value is -3.43. The number of piperidine rings is 1. The molecular formula is C30H24NOS. The van der Waals surface area contributed by atoms with Gasteiger partial charge in [-0.25, -0.2) is 0 Å². The molecular weight excluding hydrogens is 422 g/mol. The van der Waals surface area contributed by atoms with E-state index in [1.807, 2.05) is 6.07 Å². The minimum absolute atomic E-state index is 0.152. The molecule has 6 rings (SSSR count). The summed E-state index contributed by atoms with van der Waals surface area (Å²) in [5.74, 6) is 0.683. The molecule has 5 aromatic rings. The van der Waals surface area contributed by atoms with Crippen molar-refractivity contribution in [3.63, 3.8) is 0 Å². The fraction of sp³-hybridized carbons (Fsp3) is 0.167. The lowest BCUT2D eigenvalue weighted by Crippen LogP contribution is -2.37. The molecule has 2 nitrogen and oxygen atoms in total. The lowest BCUT2D eigenvalue weighted by Gasteiger charge is -2.32. The standard InChI is InChI=1S/C30H24NOS/c32-30(31-19-17-22(18-20-31)21-9-2-1-3-10-21)29-28(26-14-6-7-16-27(26)33-29)25-15-8-12-23-11-4-5-13-24(23)25/h1-14,16,22H,17-20H2. The van der Waals surface area contributed by atoms with Crippen LogP contribution >= 0.6 is 11.3 Å². The van der Waals surface area contributed by atoms with E-state index in [0.717, 1.165) is 57.4 Å². The van der Waals surface area contributed by atoms with Crippen LogP contribution in [0.1, 0.15) is 34.0 Å². The highest BCUT2D eigenvalue weighted by atomic mass is 32.1. The Bertz CT molecular complexity index is 1440. The SMILES string of the molecule is O=C(c1sc2ccccc2c1-c1[c]ccc2ccccc12)N1CCC(c2ccccc2)CC1. The van der Waals surface area contributed by atoms with Crippen molar-refractivity contribution < 1.29 is 4.79 Å². The molecule has 1 saturated heterocycles. The van der Waals surface area contributed by atoms with Crippen molar-refractivity contribution in [1.29, 1.82) is 0 Å². The highest BCUT2D eigenvalue weighted by Crippen LogP contribution is 2.42. The summed E-state index contributed by atoms with van der Waals surface area (Å²) in [5, 5.41) is 3.45. The smallest absolute Gasteiger partial charge is 0.264 e. The fourth-order valence-corrected chi connectivity index (χ4v) is 6.28. The van der Waals surface area contributed by atoms with Gasteiger partial charge in [-0.2, -0.15) is 0 Å². The molecule has 0 saturated carbocycles. The van der Waals surface area contributed by atoms with Crippen LogP contribution < -0.4 is 0 Å². The summed E-state index contributed by atoms with van der Waals surface area (Å²) in [6.45, 7) is 1.59. The average molecular weight is 447 g/mol. The molecule has 4 aromatic carbocycles. The Morgan fingerprint density at radius 1 is 0.818 bits per heavy atom. The first-order chi connectivity index (χ1) is 16.3. The molecule has 1 aliphatic rings. The van der Waals surface area contributed by atoms with Crippen LogP contribution in [0.3, 0.4) is 0 Å². The molecule has 0 atom stereocenters. The Labute approximate surface area is 198 Å². The lowest BCUT2D eigenvalue weighted by molar-refractivity contribution is 0.0718. The molecule has 0 unspecified atom stereocenters. The van der Waals surface area contributed by atoms with Gasteiger partial charge in [-0.15, -0.1) is 11.3 Å². The van der Waals surface area contributed by atoms with Crippen molar-refractivity contribution in [3.8, 4) is 11.1 Å². The van der Waals surface area contributed by atoms with Crippen LogP contribution in [0.15, 0.2) is 91.0 Å². The molecule has 1 radical (unpaired) electrons. The molecule has 1 aromatic heterocycles. The van der Waals surface area contributed by atoms with E-state index in [1.165, 1.54) is 10.9 Å². The van der Waals surface area contributed by atoms with Gasteiger partial charge in [0.15, 0.2) is 0 Å². The van der Waals surface area contributed by atoms with Crippen LogP contribution in [0.4, 0.5) is 0 Å². The highest BCUT2D eigenvalue weighted by molar-refractivity contribution is 7.21. The average Bonchev–Trinajstić information content (AvgIpc) is 3.28. The first kappa shape index (κ1) is 20.2. The number of carbonyl (C=O) groups excluding carboxylic acids is 1. The van der Waals surface area contributed by atoms with Gasteiger partial charge in [-0.05, 0) is 52.8 Å². The van der Waals surface area contributed by atoms with E-state index in [9.17, 15) is 4.79 Å². The van der Waals surface area contributed by atoms with Crippen molar-refractivity contribution in [2.75, 3.05) is 13.1 Å². The maximum atomic E-state index is 13.9. The largest absolute Gasteiger partial charge is 0.338 e. The van der Waals surface area contributed by atoms with E-state index >= 15 is 0 Å². The van der Waals surface area contributed by atoms with Crippen LogP contribution in [0.5, 0.6) is 0 Å². The number of hydrogen-bond acceptors (Lipinski definition) is 2. The Kier molecular flexibility index (Phi) is 5.20. The summed E-state index contributed by atoms with van der Waals surface area (Å²) < 4.78 is 1.15. The lowest BCUT2D eigenvalue weighted by atomic mass is 9.89. The number of thiophene rings is 1. The zero-order chi connectivity index (χ0) is 22.2. The van der Waals surface area contributed by atoms with Crippen molar-refractivity contribution >= 4 is 38.1 Å². The van der Waals surface area contributed by atoms with Gasteiger partial charge in [0.05, 0.1) is 0 Å². The molecule has 1 aliphatic heterocycles. The number of fused-ring (bicyclic) bond motifs is 2. The maximum Gasteiger partial charge on any atom is 0.264 e. The summed E-state index contributed by atoms with van der Waals surface area (Å²) in [7, 11) is 0. The van der Waals surface area contributed by atoms with Crippen LogP contribution in [0, 0.1) is 6.07 Å². The van der Waals surface area contributed by atoms with Crippen LogP contribution in [0.2, 0.25) is 0 Å². The monoisotopic (exact) mass is 446 g/mol. The highest BCUT2D eigenvalue weighted by Gasteiger charge is 2.28. The van der Waals surface area contributed by atoms with Crippen molar-refractivity contribution in [2.24, 2.45) is 0 Å². The predicted octanol–water partition coefficient (Wildman–Crippen LogP) is 7.54. The van der Waals surface area contributed by atoms with E-state index in [4.69, 9.17) is 0 Å². The van der Waals surface area contributed by atoms with Crippen LogP contribution in [0.25, 0.3) is 32.0 Å². The van der Waals surface area contributed by atoms with Gasteiger partial charge in [0.25, 0.3) is 5.91 Å². The zero-order valence-electron chi connectivity index (χ0n) is 18.3. The quantitative estimate of drug-likeness (QED) is 0.280. The Balaban J connectivity index is 1.39. The Morgan fingerprint density at radius 3 is 2.33 bits per heavy atom. The third-order valence-corrected chi connectivity index (χ3v) is 7.97. The van der Waals surface area contributed by atoms with Gasteiger partial charge in [0, 0.05) is 28.7 Å². The van der Waals surface area contributed by atoms with E-state index in [0.29, 0.717) is 5.92 Å². The number of nitrogens with zero attached hydrogens (tertiary/aromatic N) is 1. The third kappa shape index (κ3) is 3.63. The molecule has 3 heteroatoms. The number of carbonyl (C=O) groups is 1. The van der Waals surface area contributed by atoms with Gasteiger partial charge in [-0.3, -0.25) is 4.79 Å². The summed E-state index contributed by atoms with van der Waals surface area (Å²) in [4.78, 5) is 16.8. The van der Waals surface area contributed by atoms with Gasteiger partial charge in [0.1, 0.15) is 4.88 Å². The summed E-state index contributed by atoms with van der Waals surface area (Å²) in [6, 6.07) is 35.0. The number of rotatable bonds is 3. The van der Waals surface area contributed by atoms with Gasteiger partial charge in [-0.1, -0.05) is 84.9 Å². The third-order valence-electron chi connectivity index (χ3n) is 6.81. The molecule has 0 N–H and O–H groups in total. The van der Waals surface area contributed by atoms with Gasteiger partial charge >= 0.3 is 0 Å². The van der Waals surface area contributed by atoms with E-state index < -0.39 is 0 Å².